The summed E-state index contributed by atoms with van der Waals surface area (Å²) in [6.45, 7) is 3.55. The Morgan fingerprint density at radius 2 is 2.19 bits per heavy atom. The molecule has 88 valence electrons. The van der Waals surface area contributed by atoms with Crippen molar-refractivity contribution >= 4 is 10.0 Å². The smallest absolute Gasteiger partial charge is 0.260 e. The molecule has 0 bridgehead atoms. The van der Waals surface area contributed by atoms with Crippen LogP contribution in [-0.2, 0) is 17.1 Å². The van der Waals surface area contributed by atoms with Gasteiger partial charge in [0.1, 0.15) is 6.04 Å². The van der Waals surface area contributed by atoms with E-state index in [4.69, 9.17) is 5.26 Å². The molecule has 6 nitrogen and oxygen atoms in total. The van der Waals surface area contributed by atoms with Crippen molar-refractivity contribution in [1.82, 2.24) is 14.3 Å². The van der Waals surface area contributed by atoms with Crippen LogP contribution in [0.25, 0.3) is 0 Å². The molecule has 0 spiro atoms. The van der Waals surface area contributed by atoms with Crippen LogP contribution in [0.4, 0.5) is 0 Å². The monoisotopic (exact) mass is 242 g/mol. The van der Waals surface area contributed by atoms with Crippen LogP contribution in [0, 0.1) is 17.2 Å². The molecular weight excluding hydrogens is 228 g/mol. The third-order valence-electron chi connectivity index (χ3n) is 2.04. The van der Waals surface area contributed by atoms with Gasteiger partial charge in [-0.05, 0) is 5.92 Å². The fourth-order valence-corrected chi connectivity index (χ4v) is 2.34. The van der Waals surface area contributed by atoms with Crippen molar-refractivity contribution in [3.63, 3.8) is 0 Å². The largest absolute Gasteiger partial charge is 0.339 e. The lowest BCUT2D eigenvalue weighted by Gasteiger charge is -2.13. The van der Waals surface area contributed by atoms with Crippen LogP contribution in [0.5, 0.6) is 0 Å². The van der Waals surface area contributed by atoms with Crippen molar-refractivity contribution in [2.45, 2.75) is 24.9 Å². The molecule has 1 aromatic heterocycles. The normalized spacial score (nSPS) is 13.7. The molecule has 0 saturated heterocycles. The molecule has 0 aromatic carbocycles. The lowest BCUT2D eigenvalue weighted by Crippen LogP contribution is -2.37. The van der Waals surface area contributed by atoms with E-state index in [0.717, 1.165) is 0 Å². The maximum atomic E-state index is 11.8. The van der Waals surface area contributed by atoms with Gasteiger partial charge in [0.2, 0.25) is 0 Å². The maximum Gasteiger partial charge on any atom is 0.260 e. The summed E-state index contributed by atoms with van der Waals surface area (Å²) in [6.07, 6.45) is 2.78. The summed E-state index contributed by atoms with van der Waals surface area (Å²) in [7, 11) is -2.02. The highest BCUT2D eigenvalue weighted by atomic mass is 32.2. The molecular formula is C9H14N4O2S. The van der Waals surface area contributed by atoms with E-state index in [-0.39, 0.29) is 10.9 Å². The van der Waals surface area contributed by atoms with E-state index in [0.29, 0.717) is 0 Å². The Hall–Kier alpha value is -1.39. The summed E-state index contributed by atoms with van der Waals surface area (Å²) < 4.78 is 27.4. The second-order valence-electron chi connectivity index (χ2n) is 3.85. The highest BCUT2D eigenvalue weighted by Crippen LogP contribution is 2.08. The van der Waals surface area contributed by atoms with Crippen LogP contribution in [0.15, 0.2) is 17.6 Å². The van der Waals surface area contributed by atoms with Gasteiger partial charge in [0.05, 0.1) is 12.4 Å². The van der Waals surface area contributed by atoms with E-state index in [9.17, 15) is 8.42 Å². The minimum Gasteiger partial charge on any atom is -0.339 e. The molecule has 1 unspecified atom stereocenters. The molecule has 1 rings (SSSR count). The van der Waals surface area contributed by atoms with Crippen molar-refractivity contribution < 1.29 is 8.42 Å². The molecule has 0 fully saturated rings. The van der Waals surface area contributed by atoms with Crippen molar-refractivity contribution in [3.05, 3.63) is 12.5 Å². The summed E-state index contributed by atoms with van der Waals surface area (Å²) in [5, 5.41) is 8.74. The highest BCUT2D eigenvalue weighted by molar-refractivity contribution is 7.89. The van der Waals surface area contributed by atoms with Crippen LogP contribution in [0.3, 0.4) is 0 Å². The number of aromatic nitrogens is 2. The third kappa shape index (κ3) is 2.81. The SMILES string of the molecule is CC(C)C(C#N)NS(=O)(=O)c1cn(C)cn1. The summed E-state index contributed by atoms with van der Waals surface area (Å²) in [5.41, 5.74) is 0. The van der Waals surface area contributed by atoms with E-state index in [2.05, 4.69) is 9.71 Å². The van der Waals surface area contributed by atoms with Crippen molar-refractivity contribution in [2.24, 2.45) is 13.0 Å². The average molecular weight is 242 g/mol. The number of imidazole rings is 1. The van der Waals surface area contributed by atoms with Crippen molar-refractivity contribution in [3.8, 4) is 6.07 Å². The van der Waals surface area contributed by atoms with Gasteiger partial charge in [-0.2, -0.15) is 9.98 Å². The first-order valence-corrected chi connectivity index (χ1v) is 6.25. The van der Waals surface area contributed by atoms with E-state index in [1.54, 1.807) is 20.9 Å². The first-order chi connectivity index (χ1) is 7.36. The first-order valence-electron chi connectivity index (χ1n) is 4.76. The molecule has 0 aliphatic rings. The predicted molar refractivity (Wildman–Crippen MR) is 57.8 cm³/mol. The summed E-state index contributed by atoms with van der Waals surface area (Å²) in [5.74, 6) is -0.0940. The lowest BCUT2D eigenvalue weighted by atomic mass is 10.1. The van der Waals surface area contributed by atoms with Gasteiger partial charge in [-0.3, -0.25) is 0 Å². The van der Waals surface area contributed by atoms with Gasteiger partial charge in [0.25, 0.3) is 10.0 Å². The van der Waals surface area contributed by atoms with Crippen LogP contribution in [0.1, 0.15) is 13.8 Å². The second kappa shape index (κ2) is 4.63. The zero-order valence-corrected chi connectivity index (χ0v) is 10.2. The Morgan fingerprint density at radius 1 is 1.56 bits per heavy atom. The minimum atomic E-state index is -3.70. The third-order valence-corrected chi connectivity index (χ3v) is 3.37. The van der Waals surface area contributed by atoms with E-state index in [1.807, 2.05) is 6.07 Å². The van der Waals surface area contributed by atoms with Crippen LogP contribution < -0.4 is 4.72 Å². The quantitative estimate of drug-likeness (QED) is 0.819. The first kappa shape index (κ1) is 12.7. The van der Waals surface area contributed by atoms with E-state index in [1.165, 1.54) is 17.1 Å². The van der Waals surface area contributed by atoms with Gasteiger partial charge in [-0.25, -0.2) is 13.4 Å². The summed E-state index contributed by atoms with van der Waals surface area (Å²) >= 11 is 0. The fraction of sp³-hybridized carbons (Fsp3) is 0.556. The average Bonchev–Trinajstić information content (AvgIpc) is 2.61. The fourth-order valence-electron chi connectivity index (χ4n) is 1.07. The topological polar surface area (TPSA) is 87.8 Å². The van der Waals surface area contributed by atoms with Crippen molar-refractivity contribution in [2.75, 3.05) is 0 Å². The van der Waals surface area contributed by atoms with Crippen LogP contribution in [-0.4, -0.2) is 24.0 Å². The number of hydrogen-bond donors (Lipinski definition) is 1. The molecule has 1 heterocycles. The molecule has 1 N–H and O–H groups in total. The predicted octanol–water partition coefficient (Wildman–Crippen LogP) is 0.247. The van der Waals surface area contributed by atoms with Crippen LogP contribution in [0.2, 0.25) is 0 Å². The molecule has 0 aliphatic heterocycles. The Kier molecular flexibility index (Phi) is 3.67. The molecule has 0 aliphatic carbocycles. The Morgan fingerprint density at radius 3 is 2.56 bits per heavy atom. The van der Waals surface area contributed by atoms with Crippen LogP contribution >= 0.6 is 0 Å². The maximum absolute atomic E-state index is 11.8. The summed E-state index contributed by atoms with van der Waals surface area (Å²) in [4.78, 5) is 3.74. The van der Waals surface area contributed by atoms with Gasteiger partial charge in [-0.1, -0.05) is 13.8 Å². The lowest BCUT2D eigenvalue weighted by molar-refractivity contribution is 0.513. The van der Waals surface area contributed by atoms with Gasteiger partial charge < -0.3 is 4.57 Å². The number of rotatable bonds is 4. The van der Waals surface area contributed by atoms with Gasteiger partial charge >= 0.3 is 0 Å². The Labute approximate surface area is 95.0 Å². The zero-order valence-electron chi connectivity index (χ0n) is 9.38. The summed E-state index contributed by atoms with van der Waals surface area (Å²) in [6, 6.07) is 1.17. The Balaban J connectivity index is 2.93. The molecule has 0 radical (unpaired) electrons. The standard InChI is InChI=1S/C9H14N4O2S/c1-7(2)8(4-10)12-16(14,15)9-5-13(3)6-11-9/h5-8,12H,1-3H3. The Bertz CT molecular complexity index is 498. The number of nitrogens with zero attached hydrogens (tertiary/aromatic N) is 3. The highest BCUT2D eigenvalue weighted by Gasteiger charge is 2.23. The number of hydrogen-bond acceptors (Lipinski definition) is 4. The van der Waals surface area contributed by atoms with Gasteiger partial charge in [-0.15, -0.1) is 0 Å². The number of nitriles is 1. The molecule has 16 heavy (non-hydrogen) atoms. The van der Waals surface area contributed by atoms with E-state index >= 15 is 0 Å². The number of sulfonamides is 1. The second-order valence-corrected chi connectivity index (χ2v) is 5.51. The zero-order chi connectivity index (χ0) is 12.3. The molecule has 1 aromatic rings. The molecule has 7 heteroatoms. The molecule has 1 atom stereocenters. The number of aryl methyl sites for hydroxylation is 1. The van der Waals surface area contributed by atoms with Gasteiger partial charge in [0, 0.05) is 13.2 Å². The van der Waals surface area contributed by atoms with Crippen molar-refractivity contribution in [1.29, 1.82) is 5.26 Å². The minimum absolute atomic E-state index is 0.0732. The molecule has 0 amide bonds. The van der Waals surface area contributed by atoms with E-state index < -0.39 is 16.1 Å². The van der Waals surface area contributed by atoms with Gasteiger partial charge in [0.15, 0.2) is 5.03 Å². The number of nitrogens with one attached hydrogen (secondary N) is 1. The molecule has 0 saturated carbocycles.